The Morgan fingerprint density at radius 2 is 2.17 bits per heavy atom. The van der Waals surface area contributed by atoms with Gasteiger partial charge < -0.3 is 5.32 Å². The van der Waals surface area contributed by atoms with Crippen molar-refractivity contribution in [2.75, 3.05) is 12.4 Å². The van der Waals surface area contributed by atoms with Gasteiger partial charge >= 0.3 is 0 Å². The lowest BCUT2D eigenvalue weighted by atomic mass is 9.95. The van der Waals surface area contributed by atoms with Crippen molar-refractivity contribution in [1.82, 2.24) is 5.32 Å². The summed E-state index contributed by atoms with van der Waals surface area (Å²) >= 11 is 5.76. The third-order valence-corrected chi connectivity index (χ3v) is 3.13. The highest BCUT2D eigenvalue weighted by Gasteiger charge is 2.26. The van der Waals surface area contributed by atoms with Crippen molar-refractivity contribution in [1.29, 1.82) is 0 Å². The zero-order chi connectivity index (χ0) is 9.03. The molecule has 1 saturated carbocycles. The smallest absolute Gasteiger partial charge is 0.0240 e. The van der Waals surface area contributed by atoms with E-state index in [9.17, 15) is 0 Å². The molecule has 0 saturated heterocycles. The lowest BCUT2D eigenvalue weighted by molar-refractivity contribution is 0.328. The summed E-state index contributed by atoms with van der Waals surface area (Å²) in [6, 6.07) is 0. The van der Waals surface area contributed by atoms with Gasteiger partial charge in [0.1, 0.15) is 0 Å². The topological polar surface area (TPSA) is 12.0 Å². The molecule has 1 aliphatic carbocycles. The summed E-state index contributed by atoms with van der Waals surface area (Å²) in [7, 11) is 0. The minimum Gasteiger partial charge on any atom is -0.311 e. The van der Waals surface area contributed by atoms with E-state index in [-0.39, 0.29) is 5.54 Å². The van der Waals surface area contributed by atoms with Gasteiger partial charge in [-0.3, -0.25) is 0 Å². The van der Waals surface area contributed by atoms with E-state index >= 15 is 0 Å². The van der Waals surface area contributed by atoms with E-state index in [4.69, 9.17) is 11.6 Å². The third kappa shape index (κ3) is 3.32. The fraction of sp³-hybridized carbons (Fsp3) is 1.00. The lowest BCUT2D eigenvalue weighted by Crippen LogP contribution is -2.43. The minimum absolute atomic E-state index is 0.282. The Labute approximate surface area is 80.9 Å². The standard InChI is InChI=1S/C10H20ClN/c1-3-10(2,6-7-11)12-8-9-4-5-9/h9,12H,3-8H2,1-2H3. The first-order valence-electron chi connectivity index (χ1n) is 5.01. The van der Waals surface area contributed by atoms with Crippen molar-refractivity contribution in [3.05, 3.63) is 0 Å². The largest absolute Gasteiger partial charge is 0.311 e. The summed E-state index contributed by atoms with van der Waals surface area (Å²) in [4.78, 5) is 0. The molecule has 0 spiro atoms. The molecule has 0 aromatic carbocycles. The molecule has 1 rings (SSSR count). The summed E-state index contributed by atoms with van der Waals surface area (Å²) in [5, 5.41) is 3.62. The minimum atomic E-state index is 0.282. The van der Waals surface area contributed by atoms with Gasteiger partial charge in [-0.2, -0.15) is 0 Å². The number of rotatable bonds is 6. The quantitative estimate of drug-likeness (QED) is 0.634. The Bertz CT molecular complexity index is 134. The fourth-order valence-corrected chi connectivity index (χ4v) is 1.73. The van der Waals surface area contributed by atoms with Gasteiger partial charge in [-0.1, -0.05) is 6.92 Å². The maximum Gasteiger partial charge on any atom is 0.0240 e. The van der Waals surface area contributed by atoms with Crippen molar-refractivity contribution in [2.24, 2.45) is 5.92 Å². The number of alkyl halides is 1. The van der Waals surface area contributed by atoms with Crippen LogP contribution in [0, 0.1) is 5.92 Å². The Kier molecular flexibility index (Phi) is 3.85. The molecule has 0 aromatic rings. The van der Waals surface area contributed by atoms with Crippen LogP contribution < -0.4 is 5.32 Å². The van der Waals surface area contributed by atoms with Crippen LogP contribution >= 0.6 is 11.6 Å². The van der Waals surface area contributed by atoms with Crippen LogP contribution in [0.25, 0.3) is 0 Å². The first-order chi connectivity index (χ1) is 5.70. The van der Waals surface area contributed by atoms with Crippen LogP contribution in [0.15, 0.2) is 0 Å². The second-order valence-corrected chi connectivity index (χ2v) is 4.56. The molecule has 0 radical (unpaired) electrons. The number of hydrogen-bond acceptors (Lipinski definition) is 1. The van der Waals surface area contributed by atoms with E-state index < -0.39 is 0 Å². The Balaban J connectivity index is 2.20. The van der Waals surface area contributed by atoms with Gasteiger partial charge in [0.25, 0.3) is 0 Å². The van der Waals surface area contributed by atoms with E-state index in [1.165, 1.54) is 25.8 Å². The van der Waals surface area contributed by atoms with Gasteiger partial charge in [0.15, 0.2) is 0 Å². The Morgan fingerprint density at radius 1 is 1.50 bits per heavy atom. The van der Waals surface area contributed by atoms with Crippen molar-refractivity contribution in [3.63, 3.8) is 0 Å². The number of nitrogens with one attached hydrogen (secondary N) is 1. The summed E-state index contributed by atoms with van der Waals surface area (Å²) in [5.74, 6) is 1.73. The van der Waals surface area contributed by atoms with Gasteiger partial charge in [-0.15, -0.1) is 11.6 Å². The van der Waals surface area contributed by atoms with Crippen molar-refractivity contribution in [2.45, 2.75) is 45.1 Å². The van der Waals surface area contributed by atoms with Crippen LogP contribution in [0.2, 0.25) is 0 Å². The van der Waals surface area contributed by atoms with E-state index in [2.05, 4.69) is 19.2 Å². The molecule has 0 amide bonds. The van der Waals surface area contributed by atoms with Gasteiger partial charge in [-0.25, -0.2) is 0 Å². The highest BCUT2D eigenvalue weighted by Crippen LogP contribution is 2.29. The highest BCUT2D eigenvalue weighted by atomic mass is 35.5. The molecule has 1 nitrogen and oxygen atoms in total. The molecule has 0 aliphatic heterocycles. The highest BCUT2D eigenvalue weighted by molar-refractivity contribution is 6.17. The molecule has 1 N–H and O–H groups in total. The maximum absolute atomic E-state index is 5.76. The lowest BCUT2D eigenvalue weighted by Gasteiger charge is -2.29. The maximum atomic E-state index is 5.76. The van der Waals surface area contributed by atoms with E-state index in [0.29, 0.717) is 0 Å². The molecule has 1 fully saturated rings. The van der Waals surface area contributed by atoms with Gasteiger partial charge in [0.05, 0.1) is 0 Å². The molecular weight excluding hydrogens is 170 g/mol. The zero-order valence-electron chi connectivity index (χ0n) is 8.20. The monoisotopic (exact) mass is 189 g/mol. The Morgan fingerprint density at radius 3 is 2.58 bits per heavy atom. The predicted octanol–water partition coefficient (Wildman–Crippen LogP) is 2.78. The first-order valence-corrected chi connectivity index (χ1v) is 5.54. The molecule has 72 valence electrons. The van der Waals surface area contributed by atoms with E-state index in [0.717, 1.165) is 18.2 Å². The average molecular weight is 190 g/mol. The summed E-state index contributed by atoms with van der Waals surface area (Å²) in [6.45, 7) is 5.70. The van der Waals surface area contributed by atoms with E-state index in [1.807, 2.05) is 0 Å². The zero-order valence-corrected chi connectivity index (χ0v) is 8.95. The van der Waals surface area contributed by atoms with Crippen molar-refractivity contribution in [3.8, 4) is 0 Å². The molecule has 12 heavy (non-hydrogen) atoms. The second kappa shape index (κ2) is 4.48. The molecule has 1 aliphatic rings. The van der Waals surface area contributed by atoms with Crippen LogP contribution in [0.5, 0.6) is 0 Å². The summed E-state index contributed by atoms with van der Waals surface area (Å²) in [6.07, 6.45) is 5.10. The number of hydrogen-bond donors (Lipinski definition) is 1. The Hall–Kier alpha value is 0.250. The molecule has 0 aromatic heterocycles. The van der Waals surface area contributed by atoms with Crippen LogP contribution in [0.4, 0.5) is 0 Å². The van der Waals surface area contributed by atoms with Crippen LogP contribution in [-0.2, 0) is 0 Å². The third-order valence-electron chi connectivity index (χ3n) is 2.94. The molecule has 2 heteroatoms. The van der Waals surface area contributed by atoms with Gasteiger partial charge in [-0.05, 0) is 45.1 Å². The van der Waals surface area contributed by atoms with Crippen molar-refractivity contribution >= 4 is 11.6 Å². The van der Waals surface area contributed by atoms with Crippen LogP contribution in [0.1, 0.15) is 39.5 Å². The molecule has 0 bridgehead atoms. The second-order valence-electron chi connectivity index (χ2n) is 4.18. The average Bonchev–Trinajstić information content (AvgIpc) is 2.85. The SMILES string of the molecule is CCC(C)(CCCl)NCC1CC1. The van der Waals surface area contributed by atoms with Crippen molar-refractivity contribution < 1.29 is 0 Å². The fourth-order valence-electron chi connectivity index (χ4n) is 1.31. The van der Waals surface area contributed by atoms with Gasteiger partial charge in [0, 0.05) is 11.4 Å². The van der Waals surface area contributed by atoms with E-state index in [1.54, 1.807) is 0 Å². The van der Waals surface area contributed by atoms with Crippen LogP contribution in [-0.4, -0.2) is 18.0 Å². The molecular formula is C10H20ClN. The van der Waals surface area contributed by atoms with Gasteiger partial charge in [0.2, 0.25) is 0 Å². The number of halogens is 1. The van der Waals surface area contributed by atoms with Crippen LogP contribution in [0.3, 0.4) is 0 Å². The predicted molar refractivity (Wildman–Crippen MR) is 54.8 cm³/mol. The molecule has 1 atom stereocenters. The molecule has 0 heterocycles. The summed E-state index contributed by atoms with van der Waals surface area (Å²) < 4.78 is 0. The molecule has 1 unspecified atom stereocenters. The normalized spacial score (nSPS) is 22.2. The first kappa shape index (κ1) is 10.3. The summed E-state index contributed by atoms with van der Waals surface area (Å²) in [5.41, 5.74) is 0.282.